The second-order valence-electron chi connectivity index (χ2n) is 8.10. The van der Waals surface area contributed by atoms with Gasteiger partial charge in [-0.3, -0.25) is 0 Å². The molecule has 2 rings (SSSR count). The monoisotopic (exact) mass is 382 g/mol. The van der Waals surface area contributed by atoms with Crippen LogP contribution in [0.1, 0.15) is 52.0 Å². The Labute approximate surface area is 161 Å². The molecule has 0 heterocycles. The Morgan fingerprint density at radius 2 is 2.04 bits per heavy atom. The number of carbonyl (C=O) groups is 1. The Morgan fingerprint density at radius 1 is 1.35 bits per heavy atom. The molecule has 1 aromatic carbocycles. The fourth-order valence-corrected chi connectivity index (χ4v) is 3.77. The number of hydrogen-bond acceptors (Lipinski definition) is 4. The first-order valence-electron chi connectivity index (χ1n) is 9.31. The molecule has 0 atom stereocenters. The van der Waals surface area contributed by atoms with Crippen LogP contribution in [0.2, 0.25) is 5.02 Å². The summed E-state index contributed by atoms with van der Waals surface area (Å²) in [5, 5.41) is 16.1. The van der Waals surface area contributed by atoms with Gasteiger partial charge < -0.3 is 20.5 Å². The van der Waals surface area contributed by atoms with Gasteiger partial charge in [-0.25, -0.2) is 4.79 Å². The van der Waals surface area contributed by atoms with Crippen LogP contribution < -0.4 is 10.6 Å². The molecule has 0 aliphatic heterocycles. The zero-order valence-electron chi connectivity index (χ0n) is 16.0. The number of hydrogen-bond donors (Lipinski definition) is 3. The normalized spacial score (nSPS) is 23.5. The van der Waals surface area contributed by atoms with E-state index in [2.05, 4.69) is 16.7 Å². The van der Waals surface area contributed by atoms with Crippen molar-refractivity contribution >= 4 is 17.7 Å². The lowest BCUT2D eigenvalue weighted by Gasteiger charge is -2.41. The first-order chi connectivity index (χ1) is 12.2. The minimum atomic E-state index is -0.515. The van der Waals surface area contributed by atoms with E-state index in [9.17, 15) is 4.79 Å². The van der Waals surface area contributed by atoms with Crippen LogP contribution in [0.5, 0.6) is 0 Å². The van der Waals surface area contributed by atoms with Crippen molar-refractivity contribution in [3.63, 3.8) is 0 Å². The largest absolute Gasteiger partial charge is 0.444 e. The van der Waals surface area contributed by atoms with E-state index in [1.54, 1.807) is 0 Å². The molecule has 0 bridgehead atoms. The van der Waals surface area contributed by atoms with E-state index in [1.165, 1.54) is 0 Å². The summed E-state index contributed by atoms with van der Waals surface area (Å²) in [5.41, 5.74) is 0.486. The Bertz CT molecular complexity index is 593. The van der Waals surface area contributed by atoms with Gasteiger partial charge in [0.25, 0.3) is 0 Å². The van der Waals surface area contributed by atoms with Crippen LogP contribution in [0.15, 0.2) is 24.3 Å². The fourth-order valence-electron chi connectivity index (χ4n) is 3.58. The average molecular weight is 383 g/mol. The smallest absolute Gasteiger partial charge is 0.407 e. The molecule has 0 radical (unpaired) electrons. The van der Waals surface area contributed by atoms with Crippen molar-refractivity contribution in [3.05, 3.63) is 34.9 Å². The van der Waals surface area contributed by atoms with Gasteiger partial charge in [0.05, 0.1) is 6.61 Å². The zero-order valence-corrected chi connectivity index (χ0v) is 16.7. The molecule has 1 fully saturated rings. The fraction of sp³-hybridized carbons (Fsp3) is 0.650. The van der Waals surface area contributed by atoms with E-state index in [4.69, 9.17) is 21.4 Å². The molecular weight excluding hydrogens is 352 g/mol. The number of benzene rings is 1. The molecule has 146 valence electrons. The summed E-state index contributed by atoms with van der Waals surface area (Å²) in [6.45, 7) is 6.86. The third kappa shape index (κ3) is 6.15. The summed E-state index contributed by atoms with van der Waals surface area (Å²) in [4.78, 5) is 12.1. The molecular formula is C20H31ClN2O3. The summed E-state index contributed by atoms with van der Waals surface area (Å²) in [6.07, 6.45) is 3.46. The SMILES string of the molecule is CC(C)(C)OC(=O)NC[C@]1(c2cccc(Cl)c2)CC[C@H](NCCO)CC1. The van der Waals surface area contributed by atoms with Crippen molar-refractivity contribution < 1.29 is 14.6 Å². The molecule has 1 amide bonds. The van der Waals surface area contributed by atoms with E-state index < -0.39 is 5.60 Å². The van der Waals surface area contributed by atoms with Gasteiger partial charge in [0.1, 0.15) is 5.60 Å². The number of nitrogens with one attached hydrogen (secondary N) is 2. The van der Waals surface area contributed by atoms with Gasteiger partial charge in [-0.1, -0.05) is 23.7 Å². The van der Waals surface area contributed by atoms with Gasteiger partial charge in [-0.2, -0.15) is 0 Å². The summed E-state index contributed by atoms with van der Waals surface area (Å²) < 4.78 is 5.39. The lowest BCUT2D eigenvalue weighted by atomic mass is 9.68. The maximum Gasteiger partial charge on any atom is 0.407 e. The molecule has 26 heavy (non-hydrogen) atoms. The zero-order chi connectivity index (χ0) is 19.2. The average Bonchev–Trinajstić information content (AvgIpc) is 2.58. The predicted octanol–water partition coefficient (Wildman–Crippen LogP) is 3.63. The maximum atomic E-state index is 12.1. The minimum Gasteiger partial charge on any atom is -0.444 e. The Kier molecular flexibility index (Phi) is 7.33. The third-order valence-corrected chi connectivity index (χ3v) is 5.13. The molecule has 0 saturated heterocycles. The molecule has 0 unspecified atom stereocenters. The highest BCUT2D eigenvalue weighted by Crippen LogP contribution is 2.40. The Morgan fingerprint density at radius 3 is 2.62 bits per heavy atom. The Balaban J connectivity index is 2.09. The number of aliphatic hydroxyl groups is 1. The second-order valence-corrected chi connectivity index (χ2v) is 8.53. The van der Waals surface area contributed by atoms with E-state index in [-0.39, 0.29) is 18.1 Å². The molecule has 5 nitrogen and oxygen atoms in total. The Hall–Kier alpha value is -1.30. The first-order valence-corrected chi connectivity index (χ1v) is 9.69. The summed E-state index contributed by atoms with van der Waals surface area (Å²) >= 11 is 6.22. The second kappa shape index (κ2) is 9.07. The number of carbonyl (C=O) groups excluding carboxylic acids is 1. The van der Waals surface area contributed by atoms with E-state index in [1.807, 2.05) is 39.0 Å². The van der Waals surface area contributed by atoms with Gasteiger partial charge >= 0.3 is 6.09 Å². The van der Waals surface area contributed by atoms with Crippen molar-refractivity contribution in [2.24, 2.45) is 0 Å². The molecule has 0 aromatic heterocycles. The van der Waals surface area contributed by atoms with E-state index >= 15 is 0 Å². The quantitative estimate of drug-likeness (QED) is 0.702. The molecule has 0 spiro atoms. The van der Waals surface area contributed by atoms with Gasteiger partial charge in [0, 0.05) is 29.6 Å². The number of aliphatic hydroxyl groups excluding tert-OH is 1. The van der Waals surface area contributed by atoms with Crippen LogP contribution in [-0.2, 0) is 10.2 Å². The van der Waals surface area contributed by atoms with Gasteiger partial charge in [-0.05, 0) is 64.2 Å². The number of alkyl carbamates (subject to hydrolysis) is 1. The van der Waals surface area contributed by atoms with Crippen molar-refractivity contribution in [1.82, 2.24) is 10.6 Å². The molecule has 6 heteroatoms. The molecule has 3 N–H and O–H groups in total. The van der Waals surface area contributed by atoms with E-state index in [0.717, 1.165) is 31.2 Å². The van der Waals surface area contributed by atoms with Gasteiger partial charge in [-0.15, -0.1) is 0 Å². The topological polar surface area (TPSA) is 70.6 Å². The number of halogens is 1. The van der Waals surface area contributed by atoms with Crippen molar-refractivity contribution in [3.8, 4) is 0 Å². The van der Waals surface area contributed by atoms with Gasteiger partial charge in [0.15, 0.2) is 0 Å². The first kappa shape index (κ1) is 21.0. The molecule has 1 aromatic rings. The lowest BCUT2D eigenvalue weighted by Crippen LogP contribution is -2.47. The highest BCUT2D eigenvalue weighted by atomic mass is 35.5. The van der Waals surface area contributed by atoms with Crippen LogP contribution in [0.25, 0.3) is 0 Å². The van der Waals surface area contributed by atoms with Crippen LogP contribution >= 0.6 is 11.6 Å². The highest BCUT2D eigenvalue weighted by Gasteiger charge is 2.37. The van der Waals surface area contributed by atoms with Gasteiger partial charge in [0.2, 0.25) is 0 Å². The third-order valence-electron chi connectivity index (χ3n) is 4.89. The summed E-state index contributed by atoms with van der Waals surface area (Å²) in [6, 6.07) is 8.32. The summed E-state index contributed by atoms with van der Waals surface area (Å²) in [7, 11) is 0. The highest BCUT2D eigenvalue weighted by molar-refractivity contribution is 6.30. The predicted molar refractivity (Wildman–Crippen MR) is 105 cm³/mol. The van der Waals surface area contributed by atoms with Crippen LogP contribution in [-0.4, -0.2) is 42.5 Å². The molecule has 1 saturated carbocycles. The van der Waals surface area contributed by atoms with Crippen molar-refractivity contribution in [2.75, 3.05) is 19.7 Å². The minimum absolute atomic E-state index is 0.149. The van der Waals surface area contributed by atoms with Crippen LogP contribution in [0, 0.1) is 0 Å². The lowest BCUT2D eigenvalue weighted by molar-refractivity contribution is 0.0505. The number of rotatable bonds is 6. The molecule has 1 aliphatic rings. The standard InChI is InChI=1S/C20H31ClN2O3/c1-19(2,3)26-18(25)23-14-20(15-5-4-6-16(21)13-15)9-7-17(8-10-20)22-11-12-24/h4-6,13,17,22,24H,7-12,14H2,1-3H3,(H,23,25)/t17-,20-. The number of amides is 1. The van der Waals surface area contributed by atoms with E-state index in [0.29, 0.717) is 24.2 Å². The maximum absolute atomic E-state index is 12.1. The summed E-state index contributed by atoms with van der Waals surface area (Å²) in [5.74, 6) is 0. The molecule has 1 aliphatic carbocycles. The van der Waals surface area contributed by atoms with Crippen molar-refractivity contribution in [2.45, 2.75) is 63.5 Å². The van der Waals surface area contributed by atoms with Crippen LogP contribution in [0.3, 0.4) is 0 Å². The number of ether oxygens (including phenoxy) is 1. The van der Waals surface area contributed by atoms with Crippen LogP contribution in [0.4, 0.5) is 4.79 Å². The van der Waals surface area contributed by atoms with Crippen molar-refractivity contribution in [1.29, 1.82) is 0 Å².